The van der Waals surface area contributed by atoms with Crippen LogP contribution in [0.4, 0.5) is 5.69 Å². The lowest BCUT2D eigenvalue weighted by atomic mass is 10.1. The zero-order chi connectivity index (χ0) is 11.0. The van der Waals surface area contributed by atoms with Crippen LogP contribution in [-0.2, 0) is 4.79 Å². The normalized spacial score (nSPS) is 16.2. The number of amides is 1. The lowest BCUT2D eigenvalue weighted by Gasteiger charge is -1.94. The van der Waals surface area contributed by atoms with Crippen LogP contribution >= 0.6 is 11.3 Å². The summed E-state index contributed by atoms with van der Waals surface area (Å²) in [6.45, 7) is 0. The lowest BCUT2D eigenvalue weighted by molar-refractivity contribution is -0.110. The molecule has 0 aliphatic carbocycles. The molecule has 0 saturated heterocycles. The maximum Gasteiger partial charge on any atom is 0.256 e. The molecule has 1 amide bonds. The van der Waals surface area contributed by atoms with E-state index in [4.69, 9.17) is 0 Å². The molecule has 0 spiro atoms. The van der Waals surface area contributed by atoms with Crippen LogP contribution in [0.5, 0.6) is 0 Å². The van der Waals surface area contributed by atoms with Crippen LogP contribution in [0.1, 0.15) is 10.6 Å². The van der Waals surface area contributed by atoms with Gasteiger partial charge in [-0.1, -0.05) is 18.2 Å². The zero-order valence-electron chi connectivity index (χ0n) is 8.18. The number of para-hydroxylation sites is 1. The van der Waals surface area contributed by atoms with Gasteiger partial charge in [0.2, 0.25) is 0 Å². The summed E-state index contributed by atoms with van der Waals surface area (Å²) in [5, 5.41) is 11.2. The number of benzene rings is 1. The van der Waals surface area contributed by atoms with Crippen molar-refractivity contribution in [3.05, 3.63) is 40.3 Å². The van der Waals surface area contributed by atoms with E-state index < -0.39 is 0 Å². The molecular weight excluding hydrogens is 222 g/mol. The number of nitrogens with one attached hydrogen (secondary N) is 1. The standard InChI is InChI=1S/C11H7N3OS/c15-11-8(5-10-14-12-6-16-10)7-3-1-2-4-9(7)13-11/h1-6H,(H,13,15)/b8-5-. The highest BCUT2D eigenvalue weighted by Crippen LogP contribution is 2.32. The molecule has 5 heteroatoms. The third kappa shape index (κ3) is 1.42. The molecular formula is C11H7N3OS. The number of hydrogen-bond acceptors (Lipinski definition) is 4. The number of aromatic nitrogens is 2. The van der Waals surface area contributed by atoms with Gasteiger partial charge >= 0.3 is 0 Å². The first-order valence-corrected chi connectivity index (χ1v) is 5.61. The van der Waals surface area contributed by atoms with Gasteiger partial charge in [-0.05, 0) is 12.1 Å². The number of rotatable bonds is 1. The Morgan fingerprint density at radius 3 is 3.00 bits per heavy atom. The maximum absolute atomic E-state index is 11.7. The quantitative estimate of drug-likeness (QED) is 0.761. The molecule has 1 aromatic heterocycles. The van der Waals surface area contributed by atoms with Gasteiger partial charge in [-0.3, -0.25) is 4.79 Å². The molecule has 1 aliphatic rings. The topological polar surface area (TPSA) is 54.9 Å². The van der Waals surface area contributed by atoms with E-state index in [1.807, 2.05) is 24.3 Å². The van der Waals surface area contributed by atoms with Gasteiger partial charge in [0.15, 0.2) is 0 Å². The molecule has 16 heavy (non-hydrogen) atoms. The fourth-order valence-corrected chi connectivity index (χ4v) is 2.13. The Hall–Kier alpha value is -2.01. The van der Waals surface area contributed by atoms with E-state index in [9.17, 15) is 4.79 Å². The first kappa shape index (κ1) is 9.23. The number of anilines is 1. The summed E-state index contributed by atoms with van der Waals surface area (Å²) < 4.78 is 0. The highest BCUT2D eigenvalue weighted by molar-refractivity contribution is 7.10. The average Bonchev–Trinajstić information content (AvgIpc) is 2.89. The summed E-state index contributed by atoms with van der Waals surface area (Å²) in [7, 11) is 0. The Labute approximate surface area is 95.6 Å². The van der Waals surface area contributed by atoms with Gasteiger partial charge in [-0.2, -0.15) is 0 Å². The van der Waals surface area contributed by atoms with Gasteiger partial charge in [-0.25, -0.2) is 0 Å². The first-order chi connectivity index (χ1) is 7.84. The van der Waals surface area contributed by atoms with Gasteiger partial charge in [0.05, 0.1) is 5.57 Å². The molecule has 0 saturated carbocycles. The smallest absolute Gasteiger partial charge is 0.256 e. The lowest BCUT2D eigenvalue weighted by Crippen LogP contribution is -2.03. The summed E-state index contributed by atoms with van der Waals surface area (Å²) in [6.07, 6.45) is 1.76. The van der Waals surface area contributed by atoms with Crippen LogP contribution in [0.15, 0.2) is 29.8 Å². The average molecular weight is 229 g/mol. The Kier molecular flexibility index (Phi) is 2.04. The van der Waals surface area contributed by atoms with Gasteiger partial charge in [-0.15, -0.1) is 21.5 Å². The molecule has 0 atom stereocenters. The molecule has 0 radical (unpaired) electrons. The van der Waals surface area contributed by atoms with E-state index in [1.54, 1.807) is 11.6 Å². The summed E-state index contributed by atoms with van der Waals surface area (Å²) in [5.41, 5.74) is 4.06. The molecule has 78 valence electrons. The summed E-state index contributed by atoms with van der Waals surface area (Å²) in [5.74, 6) is -0.0867. The molecule has 2 heterocycles. The van der Waals surface area contributed by atoms with Crippen molar-refractivity contribution in [1.29, 1.82) is 0 Å². The van der Waals surface area contributed by atoms with Crippen LogP contribution in [0.3, 0.4) is 0 Å². The highest BCUT2D eigenvalue weighted by Gasteiger charge is 2.23. The maximum atomic E-state index is 11.7. The predicted molar refractivity (Wildman–Crippen MR) is 62.9 cm³/mol. The minimum absolute atomic E-state index is 0.0867. The van der Waals surface area contributed by atoms with Crippen LogP contribution in [-0.4, -0.2) is 16.1 Å². The fraction of sp³-hybridized carbons (Fsp3) is 0. The molecule has 4 nitrogen and oxygen atoms in total. The van der Waals surface area contributed by atoms with E-state index in [0.29, 0.717) is 5.57 Å². The Bertz CT molecular complexity index is 575. The predicted octanol–water partition coefficient (Wildman–Crippen LogP) is 2.03. The van der Waals surface area contributed by atoms with Crippen molar-refractivity contribution < 1.29 is 4.79 Å². The largest absolute Gasteiger partial charge is 0.321 e. The second-order valence-electron chi connectivity index (χ2n) is 3.33. The molecule has 1 N–H and O–H groups in total. The fourth-order valence-electron chi connectivity index (χ4n) is 1.65. The van der Waals surface area contributed by atoms with Crippen LogP contribution < -0.4 is 5.32 Å². The Morgan fingerprint density at radius 2 is 2.19 bits per heavy atom. The van der Waals surface area contributed by atoms with Gasteiger partial charge < -0.3 is 5.32 Å². The van der Waals surface area contributed by atoms with Crippen molar-refractivity contribution in [2.24, 2.45) is 0 Å². The second kappa shape index (κ2) is 3.53. The van der Waals surface area contributed by atoms with Gasteiger partial charge in [0.1, 0.15) is 10.5 Å². The molecule has 0 bridgehead atoms. The third-order valence-electron chi connectivity index (χ3n) is 2.35. The summed E-state index contributed by atoms with van der Waals surface area (Å²) >= 11 is 1.41. The Morgan fingerprint density at radius 1 is 1.31 bits per heavy atom. The second-order valence-corrected chi connectivity index (χ2v) is 4.20. The number of carbonyl (C=O) groups is 1. The van der Waals surface area contributed by atoms with Crippen molar-refractivity contribution >= 4 is 34.6 Å². The first-order valence-electron chi connectivity index (χ1n) is 4.73. The van der Waals surface area contributed by atoms with E-state index in [0.717, 1.165) is 16.3 Å². The molecule has 1 aromatic carbocycles. The SMILES string of the molecule is O=C1Nc2ccccc2/C1=C/c1nncs1. The zero-order valence-corrected chi connectivity index (χ0v) is 8.99. The molecule has 0 fully saturated rings. The van der Waals surface area contributed by atoms with Gasteiger partial charge in [0, 0.05) is 11.3 Å². The van der Waals surface area contributed by atoms with Crippen LogP contribution in [0, 0.1) is 0 Å². The van der Waals surface area contributed by atoms with Gasteiger partial charge in [0.25, 0.3) is 5.91 Å². The molecule has 0 unspecified atom stereocenters. The van der Waals surface area contributed by atoms with Crippen LogP contribution in [0.2, 0.25) is 0 Å². The van der Waals surface area contributed by atoms with E-state index in [2.05, 4.69) is 15.5 Å². The van der Waals surface area contributed by atoms with Crippen molar-refractivity contribution in [3.8, 4) is 0 Å². The van der Waals surface area contributed by atoms with Crippen molar-refractivity contribution in [2.45, 2.75) is 0 Å². The highest BCUT2D eigenvalue weighted by atomic mass is 32.1. The van der Waals surface area contributed by atoms with Crippen molar-refractivity contribution in [2.75, 3.05) is 5.32 Å². The molecule has 2 aromatic rings. The molecule has 3 rings (SSSR count). The van der Waals surface area contributed by atoms with Crippen LogP contribution in [0.25, 0.3) is 11.6 Å². The number of nitrogens with zero attached hydrogens (tertiary/aromatic N) is 2. The van der Waals surface area contributed by atoms with E-state index in [-0.39, 0.29) is 5.91 Å². The minimum Gasteiger partial charge on any atom is -0.321 e. The molecule has 1 aliphatic heterocycles. The number of carbonyl (C=O) groups excluding carboxylic acids is 1. The monoisotopic (exact) mass is 229 g/mol. The van der Waals surface area contributed by atoms with Crippen molar-refractivity contribution in [3.63, 3.8) is 0 Å². The van der Waals surface area contributed by atoms with Crippen molar-refractivity contribution in [1.82, 2.24) is 10.2 Å². The van der Waals surface area contributed by atoms with E-state index in [1.165, 1.54) is 11.3 Å². The van der Waals surface area contributed by atoms with E-state index >= 15 is 0 Å². The number of fused-ring (bicyclic) bond motifs is 1. The number of hydrogen-bond donors (Lipinski definition) is 1. The Balaban J connectivity index is 2.12. The summed E-state index contributed by atoms with van der Waals surface area (Å²) in [6, 6.07) is 7.61. The summed E-state index contributed by atoms with van der Waals surface area (Å²) in [4.78, 5) is 11.7. The minimum atomic E-state index is -0.0867. The third-order valence-corrected chi connectivity index (χ3v) is 3.00.